The van der Waals surface area contributed by atoms with Crippen LogP contribution in [0.1, 0.15) is 102 Å². The molecule has 0 fully saturated rings. The number of amides is 1. The van der Waals surface area contributed by atoms with Gasteiger partial charge in [0.05, 0.1) is 30.7 Å². The van der Waals surface area contributed by atoms with Crippen molar-refractivity contribution in [3.05, 3.63) is 94.9 Å². The van der Waals surface area contributed by atoms with Crippen molar-refractivity contribution in [2.45, 2.75) is 104 Å². The first-order valence-electron chi connectivity index (χ1n) is 16.2. The lowest BCUT2D eigenvalue weighted by Gasteiger charge is -2.22. The number of fused-ring (bicyclic) bond motifs is 1. The quantitative estimate of drug-likeness (QED) is 0.119. The number of benzene rings is 2. The van der Waals surface area contributed by atoms with Crippen LogP contribution in [0.3, 0.4) is 0 Å². The van der Waals surface area contributed by atoms with Gasteiger partial charge in [-0.05, 0) is 54.0 Å². The van der Waals surface area contributed by atoms with Gasteiger partial charge in [0.15, 0.2) is 6.20 Å². The molecule has 0 aromatic heterocycles. The van der Waals surface area contributed by atoms with Crippen LogP contribution in [0.2, 0.25) is 5.02 Å². The Morgan fingerprint density at radius 2 is 1.61 bits per heavy atom. The third kappa shape index (κ3) is 11.2. The number of unbranched alkanes of at least 4 members (excludes halogenated alkanes) is 11. The van der Waals surface area contributed by atoms with Gasteiger partial charge in [-0.25, -0.2) is 4.90 Å². The fourth-order valence-electron chi connectivity index (χ4n) is 5.53. The Balaban J connectivity index is 0.00000529. The van der Waals surface area contributed by atoms with Crippen LogP contribution in [0.15, 0.2) is 77.6 Å². The van der Waals surface area contributed by atoms with E-state index in [2.05, 4.69) is 30.2 Å². The van der Waals surface area contributed by atoms with E-state index in [4.69, 9.17) is 16.3 Å². The number of amidine groups is 1. The molecule has 7 heteroatoms. The minimum atomic E-state index is -0.0276. The van der Waals surface area contributed by atoms with Crippen molar-refractivity contribution in [1.82, 2.24) is 4.90 Å². The van der Waals surface area contributed by atoms with E-state index in [0.29, 0.717) is 30.3 Å². The van der Waals surface area contributed by atoms with Crippen molar-refractivity contribution >= 4 is 29.0 Å². The van der Waals surface area contributed by atoms with Crippen LogP contribution < -0.4 is 26.6 Å². The monoisotopic (exact) mass is 679 g/mol. The average molecular weight is 681 g/mol. The largest absolute Gasteiger partial charge is 1.00 e. The van der Waals surface area contributed by atoms with Gasteiger partial charge in [-0.1, -0.05) is 112 Å². The summed E-state index contributed by atoms with van der Waals surface area (Å²) >= 11 is 6.60. The number of carbonyl (C=O) groups is 1. The molecule has 0 unspecified atom stereocenters. The van der Waals surface area contributed by atoms with Crippen LogP contribution in [0.25, 0.3) is 0 Å². The number of aliphatic imine (C=N–C) groups is 1. The number of halogens is 2. The van der Waals surface area contributed by atoms with E-state index in [-0.39, 0.29) is 22.9 Å². The summed E-state index contributed by atoms with van der Waals surface area (Å²) in [7, 11) is 0. The maximum absolute atomic E-state index is 12.7. The van der Waals surface area contributed by atoms with Crippen molar-refractivity contribution in [2.24, 2.45) is 4.99 Å². The second-order valence-electron chi connectivity index (χ2n) is 11.5. The lowest BCUT2D eigenvalue weighted by Crippen LogP contribution is -3.00. The lowest BCUT2D eigenvalue weighted by atomic mass is 10.1. The minimum Gasteiger partial charge on any atom is -1.00 e. The molecule has 0 atom stereocenters. The van der Waals surface area contributed by atoms with Crippen molar-refractivity contribution in [2.75, 3.05) is 11.5 Å². The summed E-state index contributed by atoms with van der Waals surface area (Å²) in [6.45, 7) is 4.97. The Morgan fingerprint density at radius 1 is 0.909 bits per heavy atom. The second kappa shape index (κ2) is 19.5. The van der Waals surface area contributed by atoms with Crippen molar-refractivity contribution in [3.8, 4) is 5.75 Å². The van der Waals surface area contributed by atoms with Crippen LogP contribution in [-0.4, -0.2) is 23.2 Å². The van der Waals surface area contributed by atoms with Gasteiger partial charge in [0.2, 0.25) is 17.4 Å². The predicted molar refractivity (Wildman–Crippen MR) is 179 cm³/mol. The van der Waals surface area contributed by atoms with Crippen LogP contribution in [-0.2, 0) is 17.8 Å². The first kappa shape index (κ1) is 35.6. The highest BCUT2D eigenvalue weighted by atomic mass is 79.9. The molecule has 44 heavy (non-hydrogen) atoms. The van der Waals surface area contributed by atoms with Gasteiger partial charge in [0.1, 0.15) is 5.75 Å². The molecule has 2 heterocycles. The summed E-state index contributed by atoms with van der Waals surface area (Å²) in [4.78, 5) is 21.0. The number of nitrogens with zero attached hydrogens (tertiary/aromatic N) is 3. The van der Waals surface area contributed by atoms with E-state index < -0.39 is 0 Å². The van der Waals surface area contributed by atoms with Gasteiger partial charge < -0.3 is 26.6 Å². The Kier molecular flexibility index (Phi) is 15.7. The van der Waals surface area contributed by atoms with E-state index in [1.54, 1.807) is 11.8 Å². The molecule has 2 aliphatic heterocycles. The molecule has 4 rings (SSSR count). The topological polar surface area (TPSA) is 45.1 Å². The van der Waals surface area contributed by atoms with Gasteiger partial charge in [0, 0.05) is 18.8 Å². The number of hydrogen-bond acceptors (Lipinski definition) is 4. The Labute approximate surface area is 280 Å². The van der Waals surface area contributed by atoms with Crippen molar-refractivity contribution in [1.29, 1.82) is 0 Å². The number of anilines is 1. The molecule has 0 saturated carbocycles. The molecule has 2 aromatic carbocycles. The summed E-state index contributed by atoms with van der Waals surface area (Å²) in [5, 5.41) is 0.580. The van der Waals surface area contributed by atoms with Gasteiger partial charge >= 0.3 is 0 Å². The van der Waals surface area contributed by atoms with Crippen molar-refractivity contribution in [3.63, 3.8) is 0 Å². The van der Waals surface area contributed by atoms with Crippen LogP contribution in [0.5, 0.6) is 5.75 Å². The third-order valence-corrected chi connectivity index (χ3v) is 8.29. The minimum absolute atomic E-state index is 0. The zero-order valence-corrected chi connectivity index (χ0v) is 28.7. The summed E-state index contributed by atoms with van der Waals surface area (Å²) in [6.07, 6.45) is 27.5. The molecular formula is C37H47BrClN3O2. The molecule has 0 saturated heterocycles. The van der Waals surface area contributed by atoms with Gasteiger partial charge in [0.25, 0.3) is 0 Å². The highest BCUT2D eigenvalue weighted by molar-refractivity contribution is 6.32. The smallest absolute Gasteiger partial charge is 0.247 e. The molecule has 2 aromatic rings. The van der Waals surface area contributed by atoms with E-state index >= 15 is 0 Å². The molecule has 0 bridgehead atoms. The van der Waals surface area contributed by atoms with E-state index in [9.17, 15) is 4.79 Å². The Hall–Kier alpha value is -2.92. The molecule has 0 spiro atoms. The Morgan fingerprint density at radius 3 is 2.30 bits per heavy atom. The summed E-state index contributed by atoms with van der Waals surface area (Å²) < 4.78 is 5.99. The summed E-state index contributed by atoms with van der Waals surface area (Å²) in [6, 6.07) is 13.9. The van der Waals surface area contributed by atoms with Crippen LogP contribution in [0, 0.1) is 6.20 Å². The number of ether oxygens (including phenoxy) is 1. The maximum Gasteiger partial charge on any atom is 0.247 e. The number of hydrogen-bond donors (Lipinski definition) is 0. The first-order valence-corrected chi connectivity index (χ1v) is 16.5. The van der Waals surface area contributed by atoms with Gasteiger partial charge in [-0.15, -0.1) is 0 Å². The lowest BCUT2D eigenvalue weighted by molar-refractivity contribution is -0.116. The molecule has 0 N–H and O–H groups in total. The standard InChI is InChI=1S/C37H47ClN3O2.BrH/c1-3-4-5-6-7-8-9-10-11-12-13-16-24-43-36-22-21-32(26-35(36)38)29-41(30(2)42)33-20-17-18-31(25-33)27-37-39-28-34-19-14-15-23-40(34)37;/h14-15,17-23,25-26H,3-13,16,24,27,29H2,1-2H3;1H/q+1;/p-1. The zero-order valence-electron chi connectivity index (χ0n) is 26.4. The van der Waals surface area contributed by atoms with E-state index in [1.807, 2.05) is 59.7 Å². The molecule has 0 radical (unpaired) electrons. The van der Waals surface area contributed by atoms with E-state index in [0.717, 1.165) is 34.8 Å². The highest BCUT2D eigenvalue weighted by Crippen LogP contribution is 2.28. The highest BCUT2D eigenvalue weighted by Gasteiger charge is 2.28. The van der Waals surface area contributed by atoms with E-state index in [1.165, 1.54) is 70.6 Å². The van der Waals surface area contributed by atoms with Crippen molar-refractivity contribution < 1.29 is 26.5 Å². The molecule has 1 amide bonds. The van der Waals surface area contributed by atoms with Crippen LogP contribution >= 0.6 is 11.6 Å². The van der Waals surface area contributed by atoms with Gasteiger partial charge in [-0.3, -0.25) is 4.79 Å². The number of carbonyl (C=O) groups excluding carboxylic acids is 1. The second-order valence-corrected chi connectivity index (χ2v) is 12.0. The summed E-state index contributed by atoms with van der Waals surface area (Å²) in [5.74, 6) is 1.58. The average Bonchev–Trinajstić information content (AvgIpc) is 3.41. The van der Waals surface area contributed by atoms with Crippen LogP contribution in [0.4, 0.5) is 5.69 Å². The number of rotatable bonds is 19. The van der Waals surface area contributed by atoms with Gasteiger partial charge in [-0.2, -0.15) is 0 Å². The molecular weight excluding hydrogens is 634 g/mol. The number of allylic oxidation sites excluding steroid dienone is 3. The summed E-state index contributed by atoms with van der Waals surface area (Å²) in [5.41, 5.74) is 3.82. The molecule has 0 aliphatic carbocycles. The fraction of sp³-hybridized carbons (Fsp3) is 0.459. The normalized spacial score (nSPS) is 13.1. The molecule has 5 nitrogen and oxygen atoms in total. The molecule has 2 aliphatic rings. The predicted octanol–water partition coefficient (Wildman–Crippen LogP) is 6.96. The third-order valence-electron chi connectivity index (χ3n) is 7.99. The SMILES string of the molecule is CCCCCCCCCCCCCCOc1ccc(CN(C(C)=O)c2cccc(CC3=N[C+]=C4C=CC=CN43)c2)cc1Cl.[Br-]. The maximum atomic E-state index is 12.7. The zero-order chi connectivity index (χ0) is 30.3. The fourth-order valence-corrected chi connectivity index (χ4v) is 5.79. The Bertz CT molecular complexity index is 1320. The molecule has 236 valence electrons. The first-order chi connectivity index (χ1) is 21.0.